The first kappa shape index (κ1) is 12.1. The molecule has 0 amide bonds. The standard InChI is InChI=1S/C12H20N2O/c1-9(2)10(3)14-8-12(15)11-4-6-13-7-5-11/h4-7,9-10,12,14-15H,8H2,1-3H3. The van der Waals surface area contributed by atoms with Gasteiger partial charge < -0.3 is 10.4 Å². The summed E-state index contributed by atoms with van der Waals surface area (Å²) in [5.41, 5.74) is 0.911. The molecule has 0 aliphatic carbocycles. The van der Waals surface area contributed by atoms with Crippen LogP contribution in [0.1, 0.15) is 32.4 Å². The molecule has 1 heterocycles. The molecule has 0 bridgehead atoms. The summed E-state index contributed by atoms with van der Waals surface area (Å²) in [5, 5.41) is 13.2. The fourth-order valence-corrected chi connectivity index (χ4v) is 1.24. The lowest BCUT2D eigenvalue weighted by molar-refractivity contribution is 0.167. The van der Waals surface area contributed by atoms with Gasteiger partial charge >= 0.3 is 0 Å². The predicted molar refractivity (Wildman–Crippen MR) is 61.5 cm³/mol. The SMILES string of the molecule is CC(C)C(C)NCC(O)c1ccncc1. The molecule has 0 aliphatic heterocycles. The monoisotopic (exact) mass is 208 g/mol. The zero-order valence-corrected chi connectivity index (χ0v) is 9.64. The number of pyridine rings is 1. The van der Waals surface area contributed by atoms with Gasteiger partial charge in [-0.25, -0.2) is 0 Å². The number of aliphatic hydroxyl groups excluding tert-OH is 1. The van der Waals surface area contributed by atoms with Crippen LogP contribution in [0.4, 0.5) is 0 Å². The molecule has 0 radical (unpaired) electrons. The van der Waals surface area contributed by atoms with Gasteiger partial charge in [0.15, 0.2) is 0 Å². The molecule has 0 aliphatic rings. The van der Waals surface area contributed by atoms with Crippen molar-refractivity contribution in [1.29, 1.82) is 0 Å². The van der Waals surface area contributed by atoms with Gasteiger partial charge in [0, 0.05) is 25.0 Å². The first-order chi connectivity index (χ1) is 7.11. The third-order valence-electron chi connectivity index (χ3n) is 2.72. The number of hydrogen-bond donors (Lipinski definition) is 2. The van der Waals surface area contributed by atoms with E-state index in [0.29, 0.717) is 18.5 Å². The molecule has 0 aromatic carbocycles. The molecule has 0 saturated heterocycles. The van der Waals surface area contributed by atoms with E-state index in [4.69, 9.17) is 0 Å². The number of nitrogens with one attached hydrogen (secondary N) is 1. The minimum Gasteiger partial charge on any atom is -0.387 e. The molecule has 1 aromatic rings. The van der Waals surface area contributed by atoms with Crippen molar-refractivity contribution in [2.24, 2.45) is 5.92 Å². The molecule has 15 heavy (non-hydrogen) atoms. The Bertz CT molecular complexity index is 274. The third-order valence-corrected chi connectivity index (χ3v) is 2.72. The van der Waals surface area contributed by atoms with Gasteiger partial charge in [0.1, 0.15) is 0 Å². The maximum atomic E-state index is 9.86. The second-order valence-corrected chi connectivity index (χ2v) is 4.24. The maximum absolute atomic E-state index is 9.86. The highest BCUT2D eigenvalue weighted by atomic mass is 16.3. The zero-order chi connectivity index (χ0) is 11.3. The van der Waals surface area contributed by atoms with Crippen molar-refractivity contribution >= 4 is 0 Å². The van der Waals surface area contributed by atoms with Crippen molar-refractivity contribution in [3.05, 3.63) is 30.1 Å². The highest BCUT2D eigenvalue weighted by Gasteiger charge is 2.10. The highest BCUT2D eigenvalue weighted by Crippen LogP contribution is 2.10. The van der Waals surface area contributed by atoms with Gasteiger partial charge in [0.05, 0.1) is 6.10 Å². The van der Waals surface area contributed by atoms with Gasteiger partial charge in [0.25, 0.3) is 0 Å². The van der Waals surface area contributed by atoms with Crippen LogP contribution in [0.3, 0.4) is 0 Å². The molecule has 1 rings (SSSR count). The van der Waals surface area contributed by atoms with Crippen LogP contribution in [0.25, 0.3) is 0 Å². The summed E-state index contributed by atoms with van der Waals surface area (Å²) in [6.45, 7) is 7.04. The second-order valence-electron chi connectivity index (χ2n) is 4.24. The lowest BCUT2D eigenvalue weighted by atomic mass is 10.1. The largest absolute Gasteiger partial charge is 0.387 e. The minimum absolute atomic E-state index is 0.418. The van der Waals surface area contributed by atoms with E-state index in [0.717, 1.165) is 5.56 Å². The fourth-order valence-electron chi connectivity index (χ4n) is 1.24. The first-order valence-electron chi connectivity index (χ1n) is 5.42. The second kappa shape index (κ2) is 5.83. The third kappa shape index (κ3) is 3.98. The van der Waals surface area contributed by atoms with Gasteiger partial charge in [-0.05, 0) is 30.5 Å². The maximum Gasteiger partial charge on any atom is 0.0915 e. The number of hydrogen-bond acceptors (Lipinski definition) is 3. The highest BCUT2D eigenvalue weighted by molar-refractivity contribution is 5.13. The molecule has 84 valence electrons. The Morgan fingerprint density at radius 2 is 1.87 bits per heavy atom. The van der Waals surface area contributed by atoms with Crippen LogP contribution in [-0.2, 0) is 0 Å². The molecule has 0 spiro atoms. The van der Waals surface area contributed by atoms with E-state index in [1.807, 2.05) is 12.1 Å². The van der Waals surface area contributed by atoms with E-state index in [-0.39, 0.29) is 0 Å². The van der Waals surface area contributed by atoms with Crippen LogP contribution in [0.5, 0.6) is 0 Å². The molecular weight excluding hydrogens is 188 g/mol. The van der Waals surface area contributed by atoms with Crippen molar-refractivity contribution in [3.8, 4) is 0 Å². The van der Waals surface area contributed by atoms with Crippen LogP contribution in [0, 0.1) is 5.92 Å². The van der Waals surface area contributed by atoms with Crippen LogP contribution < -0.4 is 5.32 Å². The number of aliphatic hydroxyl groups is 1. The molecule has 1 aromatic heterocycles. The van der Waals surface area contributed by atoms with Gasteiger partial charge in [0.2, 0.25) is 0 Å². The summed E-state index contributed by atoms with van der Waals surface area (Å²) in [6.07, 6.45) is 2.95. The Labute approximate surface area is 91.5 Å². The molecule has 3 nitrogen and oxygen atoms in total. The Morgan fingerprint density at radius 1 is 1.27 bits per heavy atom. The van der Waals surface area contributed by atoms with Crippen LogP contribution in [0.15, 0.2) is 24.5 Å². The van der Waals surface area contributed by atoms with Crippen molar-refractivity contribution < 1.29 is 5.11 Å². The Kier molecular flexibility index (Phi) is 4.72. The van der Waals surface area contributed by atoms with Crippen LogP contribution in [0.2, 0.25) is 0 Å². The first-order valence-corrected chi connectivity index (χ1v) is 5.42. The summed E-state index contributed by atoms with van der Waals surface area (Å²) in [7, 11) is 0. The lowest BCUT2D eigenvalue weighted by Gasteiger charge is -2.20. The minimum atomic E-state index is -0.450. The molecule has 0 fully saturated rings. The summed E-state index contributed by atoms with van der Waals surface area (Å²) in [5.74, 6) is 0.578. The molecular formula is C12H20N2O. The number of rotatable bonds is 5. The summed E-state index contributed by atoms with van der Waals surface area (Å²) in [4.78, 5) is 3.92. The van der Waals surface area contributed by atoms with Gasteiger partial charge in [-0.1, -0.05) is 13.8 Å². The Balaban J connectivity index is 2.40. The average Bonchev–Trinajstić information content (AvgIpc) is 2.26. The predicted octanol–water partition coefficient (Wildman–Crippen LogP) is 1.75. The normalized spacial score (nSPS) is 15.3. The fraction of sp³-hybridized carbons (Fsp3) is 0.583. The summed E-state index contributed by atoms with van der Waals surface area (Å²) in [6, 6.07) is 4.10. The van der Waals surface area contributed by atoms with E-state index in [1.54, 1.807) is 12.4 Å². The lowest BCUT2D eigenvalue weighted by Crippen LogP contribution is -2.34. The number of nitrogens with zero attached hydrogens (tertiary/aromatic N) is 1. The van der Waals surface area contributed by atoms with Crippen LogP contribution in [-0.4, -0.2) is 22.7 Å². The van der Waals surface area contributed by atoms with Crippen molar-refractivity contribution in [2.75, 3.05) is 6.54 Å². The van der Waals surface area contributed by atoms with Gasteiger partial charge in [-0.15, -0.1) is 0 Å². The molecule has 2 N–H and O–H groups in total. The van der Waals surface area contributed by atoms with E-state index < -0.39 is 6.10 Å². The molecule has 3 heteroatoms. The van der Waals surface area contributed by atoms with Gasteiger partial charge in [-0.3, -0.25) is 4.98 Å². The summed E-state index contributed by atoms with van der Waals surface area (Å²) >= 11 is 0. The van der Waals surface area contributed by atoms with Gasteiger partial charge in [-0.2, -0.15) is 0 Å². The zero-order valence-electron chi connectivity index (χ0n) is 9.64. The van der Waals surface area contributed by atoms with E-state index in [1.165, 1.54) is 0 Å². The summed E-state index contributed by atoms with van der Waals surface area (Å²) < 4.78 is 0. The van der Waals surface area contributed by atoms with Crippen molar-refractivity contribution in [1.82, 2.24) is 10.3 Å². The Morgan fingerprint density at radius 3 is 2.40 bits per heavy atom. The average molecular weight is 208 g/mol. The topological polar surface area (TPSA) is 45.1 Å². The smallest absolute Gasteiger partial charge is 0.0915 e. The van der Waals surface area contributed by atoms with E-state index in [9.17, 15) is 5.11 Å². The number of aromatic nitrogens is 1. The van der Waals surface area contributed by atoms with E-state index in [2.05, 4.69) is 31.1 Å². The quantitative estimate of drug-likeness (QED) is 0.775. The van der Waals surface area contributed by atoms with Crippen LogP contribution >= 0.6 is 0 Å². The Hall–Kier alpha value is -0.930. The molecule has 0 saturated carbocycles. The molecule has 2 unspecified atom stereocenters. The van der Waals surface area contributed by atoms with Crippen molar-refractivity contribution in [2.45, 2.75) is 32.9 Å². The van der Waals surface area contributed by atoms with E-state index >= 15 is 0 Å². The molecule has 2 atom stereocenters. The van der Waals surface area contributed by atoms with Crippen molar-refractivity contribution in [3.63, 3.8) is 0 Å².